The summed E-state index contributed by atoms with van der Waals surface area (Å²) in [4.78, 5) is 21.8. The van der Waals surface area contributed by atoms with E-state index in [1.807, 2.05) is 13.2 Å². The molecule has 134 valence electrons. The zero-order valence-corrected chi connectivity index (χ0v) is 15.2. The van der Waals surface area contributed by atoms with Crippen molar-refractivity contribution in [3.05, 3.63) is 47.1 Å². The Kier molecular flexibility index (Phi) is 4.41. The van der Waals surface area contributed by atoms with E-state index in [1.165, 1.54) is 0 Å². The third-order valence-electron chi connectivity index (χ3n) is 4.83. The SMILES string of the molecule is CCOC(=O)c1nn(C)c2c1CCCc1cnc(C3=CCCC=C3)nc1-2. The number of rotatable bonds is 3. The second-order valence-electron chi connectivity index (χ2n) is 6.58. The molecule has 0 atom stereocenters. The molecule has 26 heavy (non-hydrogen) atoms. The van der Waals surface area contributed by atoms with Gasteiger partial charge in [0.15, 0.2) is 11.5 Å². The predicted molar refractivity (Wildman–Crippen MR) is 98.6 cm³/mol. The number of nitrogens with zero attached hydrogens (tertiary/aromatic N) is 4. The van der Waals surface area contributed by atoms with E-state index < -0.39 is 0 Å². The Hall–Kier alpha value is -2.76. The highest BCUT2D eigenvalue weighted by Crippen LogP contribution is 2.33. The predicted octanol–water partition coefficient (Wildman–Crippen LogP) is 3.28. The number of carbonyl (C=O) groups is 1. The normalized spacial score (nSPS) is 15.7. The summed E-state index contributed by atoms with van der Waals surface area (Å²) in [7, 11) is 1.86. The maximum absolute atomic E-state index is 12.3. The molecule has 2 aromatic heterocycles. The molecule has 0 fully saturated rings. The van der Waals surface area contributed by atoms with Gasteiger partial charge in [0.05, 0.1) is 18.0 Å². The molecule has 2 aliphatic rings. The summed E-state index contributed by atoms with van der Waals surface area (Å²) in [5, 5.41) is 4.45. The van der Waals surface area contributed by atoms with Crippen molar-refractivity contribution in [1.29, 1.82) is 0 Å². The van der Waals surface area contributed by atoms with E-state index >= 15 is 0 Å². The van der Waals surface area contributed by atoms with Gasteiger partial charge in [0, 0.05) is 24.4 Å². The Morgan fingerprint density at radius 1 is 1.31 bits per heavy atom. The molecular weight excluding hydrogens is 328 g/mol. The molecule has 0 aliphatic heterocycles. The van der Waals surface area contributed by atoms with Gasteiger partial charge in [0.1, 0.15) is 0 Å². The van der Waals surface area contributed by atoms with Crippen molar-refractivity contribution in [2.45, 2.75) is 39.0 Å². The van der Waals surface area contributed by atoms with Crippen molar-refractivity contribution in [3.8, 4) is 11.4 Å². The molecule has 0 N–H and O–H groups in total. The summed E-state index contributed by atoms with van der Waals surface area (Å²) < 4.78 is 6.95. The van der Waals surface area contributed by atoms with E-state index in [4.69, 9.17) is 9.72 Å². The molecule has 0 spiro atoms. The van der Waals surface area contributed by atoms with Gasteiger partial charge in [-0.3, -0.25) is 4.68 Å². The van der Waals surface area contributed by atoms with Crippen LogP contribution in [0.25, 0.3) is 17.0 Å². The van der Waals surface area contributed by atoms with Crippen LogP contribution in [0.2, 0.25) is 0 Å². The minimum absolute atomic E-state index is 0.341. The Morgan fingerprint density at radius 2 is 2.19 bits per heavy atom. The van der Waals surface area contributed by atoms with E-state index in [1.54, 1.807) is 11.6 Å². The van der Waals surface area contributed by atoms with E-state index in [9.17, 15) is 4.79 Å². The van der Waals surface area contributed by atoms with Gasteiger partial charge in [-0.1, -0.05) is 18.2 Å². The van der Waals surface area contributed by atoms with Crippen LogP contribution in [0.3, 0.4) is 0 Å². The maximum Gasteiger partial charge on any atom is 0.359 e. The first-order valence-electron chi connectivity index (χ1n) is 9.15. The van der Waals surface area contributed by atoms with Gasteiger partial charge in [-0.25, -0.2) is 14.8 Å². The standard InChI is InChI=1S/C20H22N4O2/c1-3-26-20(25)17-15-11-7-10-14-12-21-19(13-8-5-4-6-9-13)22-16(14)18(15)24(2)23-17/h5,8-9,12H,3-4,6-7,10-11H2,1-2H3. The number of carbonyl (C=O) groups excluding carboxylic acids is 1. The van der Waals surface area contributed by atoms with E-state index in [-0.39, 0.29) is 5.97 Å². The summed E-state index contributed by atoms with van der Waals surface area (Å²) in [5.74, 6) is 0.367. The lowest BCUT2D eigenvalue weighted by molar-refractivity contribution is 0.0517. The second-order valence-corrected chi connectivity index (χ2v) is 6.58. The fraction of sp³-hybridized carbons (Fsp3) is 0.400. The monoisotopic (exact) mass is 350 g/mol. The highest BCUT2D eigenvalue weighted by atomic mass is 16.5. The molecule has 2 aromatic rings. The molecule has 0 unspecified atom stereocenters. The summed E-state index contributed by atoms with van der Waals surface area (Å²) in [6.07, 6.45) is 13.0. The van der Waals surface area contributed by atoms with Gasteiger partial charge >= 0.3 is 5.97 Å². The number of aromatic nitrogens is 4. The minimum atomic E-state index is -0.361. The number of hydrogen-bond donors (Lipinski definition) is 0. The molecule has 0 radical (unpaired) electrons. The lowest BCUT2D eigenvalue weighted by atomic mass is 10.1. The van der Waals surface area contributed by atoms with Gasteiger partial charge in [0.2, 0.25) is 0 Å². The van der Waals surface area contributed by atoms with Crippen LogP contribution in [-0.2, 0) is 24.6 Å². The largest absolute Gasteiger partial charge is 0.461 e. The van der Waals surface area contributed by atoms with Crippen molar-refractivity contribution in [2.75, 3.05) is 6.61 Å². The molecule has 0 saturated heterocycles. The maximum atomic E-state index is 12.3. The number of fused-ring (bicyclic) bond motifs is 3. The van der Waals surface area contributed by atoms with Crippen molar-refractivity contribution < 1.29 is 9.53 Å². The van der Waals surface area contributed by atoms with Gasteiger partial charge in [-0.2, -0.15) is 5.10 Å². The molecule has 0 aromatic carbocycles. The number of aryl methyl sites for hydroxylation is 2. The van der Waals surface area contributed by atoms with Crippen LogP contribution in [0, 0.1) is 0 Å². The fourth-order valence-corrected chi connectivity index (χ4v) is 3.63. The molecule has 6 heteroatoms. The van der Waals surface area contributed by atoms with Gasteiger partial charge in [0.25, 0.3) is 0 Å². The fourth-order valence-electron chi connectivity index (χ4n) is 3.63. The van der Waals surface area contributed by atoms with Crippen molar-refractivity contribution in [2.24, 2.45) is 7.05 Å². The lowest BCUT2D eigenvalue weighted by Gasteiger charge is -2.11. The highest BCUT2D eigenvalue weighted by molar-refractivity contribution is 5.91. The molecule has 6 nitrogen and oxygen atoms in total. The number of esters is 1. The summed E-state index contributed by atoms with van der Waals surface area (Å²) >= 11 is 0. The molecule has 0 saturated carbocycles. The van der Waals surface area contributed by atoms with Crippen molar-refractivity contribution in [1.82, 2.24) is 19.7 Å². The smallest absolute Gasteiger partial charge is 0.359 e. The first kappa shape index (κ1) is 16.7. The molecule has 2 aliphatic carbocycles. The Morgan fingerprint density at radius 3 is 2.96 bits per heavy atom. The van der Waals surface area contributed by atoms with Crippen molar-refractivity contribution >= 4 is 11.5 Å². The molecule has 0 amide bonds. The zero-order chi connectivity index (χ0) is 18.1. The Labute approximate surface area is 152 Å². The number of allylic oxidation sites excluding steroid dienone is 4. The topological polar surface area (TPSA) is 69.9 Å². The Balaban J connectivity index is 1.85. The molecule has 2 heterocycles. The van der Waals surface area contributed by atoms with Gasteiger partial charge < -0.3 is 4.74 Å². The first-order chi connectivity index (χ1) is 12.7. The third-order valence-corrected chi connectivity index (χ3v) is 4.83. The van der Waals surface area contributed by atoms with Crippen LogP contribution in [0.4, 0.5) is 0 Å². The third kappa shape index (κ3) is 2.85. The van der Waals surface area contributed by atoms with Crippen LogP contribution in [0.5, 0.6) is 0 Å². The molecular formula is C20H22N4O2. The van der Waals surface area contributed by atoms with E-state index in [0.29, 0.717) is 12.3 Å². The Bertz CT molecular complexity index is 924. The summed E-state index contributed by atoms with van der Waals surface area (Å²) in [6.45, 7) is 2.15. The number of ether oxygens (including phenoxy) is 1. The first-order valence-corrected chi connectivity index (χ1v) is 9.15. The lowest BCUT2D eigenvalue weighted by Crippen LogP contribution is -2.08. The zero-order valence-electron chi connectivity index (χ0n) is 15.2. The van der Waals surface area contributed by atoms with Crippen LogP contribution in [0.1, 0.15) is 53.6 Å². The average Bonchev–Trinajstić information content (AvgIpc) is 2.87. The highest BCUT2D eigenvalue weighted by Gasteiger charge is 2.28. The number of hydrogen-bond acceptors (Lipinski definition) is 5. The average molecular weight is 350 g/mol. The van der Waals surface area contributed by atoms with Crippen molar-refractivity contribution in [3.63, 3.8) is 0 Å². The van der Waals surface area contributed by atoms with Gasteiger partial charge in [-0.05, 0) is 44.6 Å². The molecule has 4 rings (SSSR count). The van der Waals surface area contributed by atoms with Crippen LogP contribution in [0.15, 0.2) is 24.4 Å². The van der Waals surface area contributed by atoms with Gasteiger partial charge in [-0.15, -0.1) is 0 Å². The van der Waals surface area contributed by atoms with E-state index in [2.05, 4.69) is 28.3 Å². The van der Waals surface area contributed by atoms with Crippen LogP contribution < -0.4 is 0 Å². The quantitative estimate of drug-likeness (QED) is 0.795. The van der Waals surface area contributed by atoms with E-state index in [0.717, 1.165) is 66.0 Å². The summed E-state index contributed by atoms with van der Waals surface area (Å²) in [5.41, 5.74) is 5.29. The van der Waals surface area contributed by atoms with Crippen LogP contribution >= 0.6 is 0 Å². The molecule has 0 bridgehead atoms. The summed E-state index contributed by atoms with van der Waals surface area (Å²) in [6, 6.07) is 0. The second kappa shape index (κ2) is 6.86. The minimum Gasteiger partial charge on any atom is -0.461 e. The van der Waals surface area contributed by atoms with Crippen LogP contribution in [-0.4, -0.2) is 32.3 Å².